The Morgan fingerprint density at radius 3 is 2.68 bits per heavy atom. The summed E-state index contributed by atoms with van der Waals surface area (Å²) in [6.45, 7) is 7.71. The second-order valence-corrected chi connectivity index (χ2v) is 10.5. The lowest BCUT2D eigenvalue weighted by molar-refractivity contribution is 0.0589. The fraction of sp³-hybridized carbons (Fsp3) is 0.400. The lowest BCUT2D eigenvalue weighted by Gasteiger charge is -2.24. The highest BCUT2D eigenvalue weighted by molar-refractivity contribution is 6.29. The zero-order chi connectivity index (χ0) is 27.8. The third-order valence-corrected chi connectivity index (χ3v) is 5.69. The van der Waals surface area contributed by atoms with Gasteiger partial charge in [0.05, 0.1) is 30.8 Å². The van der Waals surface area contributed by atoms with Gasteiger partial charge in [0.2, 0.25) is 0 Å². The number of halogens is 1. The molecule has 0 aliphatic heterocycles. The Bertz CT molecular complexity index is 1510. The Kier molecular flexibility index (Phi) is 7.47. The number of carbonyl (C=O) groups excluding carboxylic acids is 2. The van der Waals surface area contributed by atoms with Crippen LogP contribution in [0.5, 0.6) is 0 Å². The van der Waals surface area contributed by atoms with E-state index in [0.717, 1.165) is 16.5 Å². The van der Waals surface area contributed by atoms with Gasteiger partial charge < -0.3 is 20.5 Å². The van der Waals surface area contributed by atoms with Crippen molar-refractivity contribution in [3.63, 3.8) is 0 Å². The lowest BCUT2D eigenvalue weighted by atomic mass is 10.1. The fourth-order valence-electron chi connectivity index (χ4n) is 3.88. The number of aromatic nitrogens is 5. The van der Waals surface area contributed by atoms with Gasteiger partial charge >= 0.3 is 6.09 Å². The molecule has 1 atom stereocenters. The van der Waals surface area contributed by atoms with Crippen LogP contribution in [0.1, 0.15) is 43.7 Å². The van der Waals surface area contributed by atoms with Crippen molar-refractivity contribution in [2.24, 2.45) is 7.05 Å². The van der Waals surface area contributed by atoms with E-state index >= 15 is 0 Å². The number of carbonyl (C=O) groups is 2. The number of ether oxygens (including phenoxy) is 2. The highest BCUT2D eigenvalue weighted by atomic mass is 35.5. The van der Waals surface area contributed by atoms with Crippen molar-refractivity contribution in [2.45, 2.75) is 45.9 Å². The van der Waals surface area contributed by atoms with Gasteiger partial charge in [-0.2, -0.15) is 10.2 Å². The van der Waals surface area contributed by atoms with E-state index in [-0.39, 0.29) is 29.1 Å². The van der Waals surface area contributed by atoms with Crippen LogP contribution in [0.25, 0.3) is 16.6 Å². The van der Waals surface area contributed by atoms with Gasteiger partial charge in [0, 0.05) is 37.8 Å². The third-order valence-electron chi connectivity index (χ3n) is 5.51. The van der Waals surface area contributed by atoms with Crippen molar-refractivity contribution in [2.75, 3.05) is 24.3 Å². The molecule has 13 heteroatoms. The molecular formula is C25H31ClN8O4. The second kappa shape index (κ2) is 10.5. The predicted molar refractivity (Wildman–Crippen MR) is 144 cm³/mol. The molecule has 0 aliphatic carbocycles. The molecule has 0 saturated carbocycles. The smallest absolute Gasteiger partial charge is 0.414 e. The minimum Gasteiger partial charge on any atom is -0.443 e. The molecule has 12 nitrogen and oxygen atoms in total. The van der Waals surface area contributed by atoms with Gasteiger partial charge in [-0.25, -0.2) is 14.3 Å². The SMILES string of the molecule is C[C@H](COCc1cc(N)c2nn(C)cc2c1)NC(=O)c1cnc2c(N(C)C(=O)OC(C)(C)C)cc(Cl)nn12. The molecule has 202 valence electrons. The van der Waals surface area contributed by atoms with Gasteiger partial charge in [0.1, 0.15) is 11.1 Å². The van der Waals surface area contributed by atoms with E-state index in [1.54, 1.807) is 25.5 Å². The number of anilines is 2. The van der Waals surface area contributed by atoms with E-state index in [1.807, 2.05) is 32.3 Å². The van der Waals surface area contributed by atoms with Crippen LogP contribution >= 0.6 is 11.6 Å². The van der Waals surface area contributed by atoms with Gasteiger partial charge in [-0.05, 0) is 45.4 Å². The average molecular weight is 543 g/mol. The summed E-state index contributed by atoms with van der Waals surface area (Å²) in [5, 5.41) is 12.4. The molecule has 3 aromatic heterocycles. The molecule has 0 unspecified atom stereocenters. The lowest BCUT2D eigenvalue weighted by Crippen LogP contribution is -2.36. The van der Waals surface area contributed by atoms with E-state index < -0.39 is 17.6 Å². The summed E-state index contributed by atoms with van der Waals surface area (Å²) in [6, 6.07) is 4.97. The molecule has 0 aliphatic rings. The maximum atomic E-state index is 13.0. The molecule has 0 bridgehead atoms. The highest BCUT2D eigenvalue weighted by Crippen LogP contribution is 2.25. The van der Waals surface area contributed by atoms with Crippen LogP contribution in [0, 0.1) is 0 Å². The van der Waals surface area contributed by atoms with Gasteiger partial charge in [0.25, 0.3) is 5.91 Å². The van der Waals surface area contributed by atoms with Crippen molar-refractivity contribution < 1.29 is 19.1 Å². The largest absolute Gasteiger partial charge is 0.443 e. The van der Waals surface area contributed by atoms with Crippen molar-refractivity contribution in [1.29, 1.82) is 0 Å². The molecular weight excluding hydrogens is 512 g/mol. The molecule has 0 radical (unpaired) electrons. The minimum absolute atomic E-state index is 0.0798. The Labute approximate surface area is 224 Å². The minimum atomic E-state index is -0.685. The summed E-state index contributed by atoms with van der Waals surface area (Å²) in [6.07, 6.45) is 2.68. The number of benzene rings is 1. The fourth-order valence-corrected chi connectivity index (χ4v) is 4.06. The molecule has 1 aromatic carbocycles. The van der Waals surface area contributed by atoms with Gasteiger partial charge in [0.15, 0.2) is 16.5 Å². The average Bonchev–Trinajstić information content (AvgIpc) is 3.40. The van der Waals surface area contributed by atoms with E-state index in [0.29, 0.717) is 18.0 Å². The molecule has 0 fully saturated rings. The zero-order valence-corrected chi connectivity index (χ0v) is 22.9. The molecule has 38 heavy (non-hydrogen) atoms. The Morgan fingerprint density at radius 1 is 1.24 bits per heavy atom. The highest BCUT2D eigenvalue weighted by Gasteiger charge is 2.25. The van der Waals surface area contributed by atoms with Gasteiger partial charge in [-0.3, -0.25) is 14.4 Å². The van der Waals surface area contributed by atoms with E-state index in [9.17, 15) is 9.59 Å². The first-order chi connectivity index (χ1) is 17.8. The normalized spacial score (nSPS) is 12.6. The predicted octanol–water partition coefficient (Wildman–Crippen LogP) is 3.56. The monoisotopic (exact) mass is 542 g/mol. The Hall–Kier alpha value is -3.90. The Morgan fingerprint density at radius 2 is 1.97 bits per heavy atom. The molecule has 3 N–H and O–H groups in total. The quantitative estimate of drug-likeness (QED) is 0.337. The number of nitrogen functional groups attached to an aromatic ring is 1. The van der Waals surface area contributed by atoms with Gasteiger partial charge in [-0.15, -0.1) is 0 Å². The number of imidazole rings is 1. The zero-order valence-electron chi connectivity index (χ0n) is 22.1. The molecule has 0 spiro atoms. The number of nitrogens with zero attached hydrogens (tertiary/aromatic N) is 6. The number of fused-ring (bicyclic) bond motifs is 2. The summed E-state index contributed by atoms with van der Waals surface area (Å²) >= 11 is 6.22. The van der Waals surface area contributed by atoms with Crippen LogP contribution in [0.15, 0.2) is 30.6 Å². The second-order valence-electron chi connectivity index (χ2n) is 10.1. The number of amides is 2. The number of nitrogens with two attached hydrogens (primary N) is 1. The summed E-state index contributed by atoms with van der Waals surface area (Å²) in [4.78, 5) is 31.2. The molecule has 4 rings (SSSR count). The van der Waals surface area contributed by atoms with Crippen LogP contribution in [-0.2, 0) is 23.1 Å². The molecule has 0 saturated heterocycles. The standard InChI is InChI=1S/C25H31ClN8O4/c1-14(12-37-13-15-7-16-11-32(5)31-21(16)17(27)8-15)29-23(35)19-10-28-22-18(9-20(26)30-34(19)22)33(6)24(36)38-25(2,3)4/h7-11,14H,12-13,27H2,1-6H3,(H,29,35)/t14-/m1/s1. The number of rotatable bonds is 7. The first-order valence-electron chi connectivity index (χ1n) is 11.9. The van der Waals surface area contributed by atoms with Crippen molar-refractivity contribution in [3.8, 4) is 0 Å². The number of hydrogen-bond donors (Lipinski definition) is 2. The van der Waals surface area contributed by atoms with Crippen molar-refractivity contribution in [1.82, 2.24) is 29.7 Å². The van der Waals surface area contributed by atoms with Gasteiger partial charge in [-0.1, -0.05) is 11.6 Å². The van der Waals surface area contributed by atoms with E-state index in [4.69, 9.17) is 26.8 Å². The molecule has 2 amide bonds. The molecule has 4 aromatic rings. The van der Waals surface area contributed by atoms with E-state index in [1.165, 1.54) is 28.7 Å². The number of hydrogen-bond acceptors (Lipinski definition) is 8. The summed E-state index contributed by atoms with van der Waals surface area (Å²) < 4.78 is 14.3. The van der Waals surface area contributed by atoms with E-state index in [2.05, 4.69) is 20.5 Å². The van der Waals surface area contributed by atoms with Crippen LogP contribution in [0.3, 0.4) is 0 Å². The number of aryl methyl sites for hydroxylation is 1. The van der Waals surface area contributed by atoms with Crippen LogP contribution in [0.2, 0.25) is 5.15 Å². The third kappa shape index (κ3) is 5.97. The van der Waals surface area contributed by atoms with Crippen LogP contribution in [-0.4, -0.2) is 61.7 Å². The maximum absolute atomic E-state index is 13.0. The Balaban J connectivity index is 1.42. The summed E-state index contributed by atoms with van der Waals surface area (Å²) in [7, 11) is 3.38. The first-order valence-corrected chi connectivity index (χ1v) is 12.3. The summed E-state index contributed by atoms with van der Waals surface area (Å²) in [5.74, 6) is -0.421. The first kappa shape index (κ1) is 27.1. The molecule has 3 heterocycles. The van der Waals surface area contributed by atoms with Crippen molar-refractivity contribution >= 4 is 51.5 Å². The van der Waals surface area contributed by atoms with Crippen molar-refractivity contribution in [3.05, 3.63) is 47.0 Å². The summed E-state index contributed by atoms with van der Waals surface area (Å²) in [5.41, 5.74) is 8.44. The number of nitrogens with one attached hydrogen (secondary N) is 1. The van der Waals surface area contributed by atoms with Crippen LogP contribution in [0.4, 0.5) is 16.2 Å². The topological polar surface area (TPSA) is 142 Å². The van der Waals surface area contributed by atoms with Crippen LogP contribution < -0.4 is 16.0 Å². The maximum Gasteiger partial charge on any atom is 0.414 e.